The summed E-state index contributed by atoms with van der Waals surface area (Å²) >= 11 is 2.47. The number of carboxylic acids is 2. The number of hydrogen-bond donors (Lipinski definition) is 4. The number of amides is 2. The number of benzene rings is 1. The number of rotatable bonds is 8. The first-order chi connectivity index (χ1) is 17.7. The number of thiazole rings is 1. The van der Waals surface area contributed by atoms with E-state index in [9.17, 15) is 24.3 Å². The fourth-order valence-electron chi connectivity index (χ4n) is 3.45. The molecule has 0 radical (unpaired) electrons. The molecule has 2 atom stereocenters. The van der Waals surface area contributed by atoms with E-state index in [1.54, 1.807) is 35.7 Å². The number of carbonyl (C=O) groups excluding carboxylic acids is 2. The Kier molecular flexibility index (Phi) is 9.21. The number of carboxylic acid groups (broad SMARTS) is 2. The fraction of sp³-hybridized carbons (Fsp3) is 0.273. The molecule has 196 valence electrons. The number of oxime groups is 1. The first-order valence-corrected chi connectivity index (χ1v) is 12.4. The van der Waals surface area contributed by atoms with E-state index in [1.807, 2.05) is 0 Å². The molecule has 0 unspecified atom stereocenters. The van der Waals surface area contributed by atoms with E-state index in [0.717, 1.165) is 11.3 Å². The highest BCUT2D eigenvalue weighted by molar-refractivity contribution is 8.00. The SMILES string of the molecule is COCC1=C(C(=O)O)N2C(=O)[C@@H](NC(=O)/C(=N/OC)c3csc(N)n3)[C@H]2SC1.O=C(O)c1ccccc1. The van der Waals surface area contributed by atoms with Crippen LogP contribution in [0.5, 0.6) is 0 Å². The minimum atomic E-state index is -1.21. The zero-order valence-electron chi connectivity index (χ0n) is 19.6. The molecule has 1 saturated heterocycles. The Morgan fingerprint density at radius 1 is 1.22 bits per heavy atom. The van der Waals surface area contributed by atoms with Gasteiger partial charge in [0.2, 0.25) is 0 Å². The van der Waals surface area contributed by atoms with Crippen LogP contribution in [0, 0.1) is 0 Å². The van der Waals surface area contributed by atoms with Crippen molar-refractivity contribution in [3.05, 3.63) is 58.2 Å². The average molecular weight is 550 g/mol. The van der Waals surface area contributed by atoms with E-state index in [4.69, 9.17) is 20.4 Å². The third-order valence-electron chi connectivity index (χ3n) is 5.04. The first-order valence-electron chi connectivity index (χ1n) is 10.5. The number of ether oxygens (including phenoxy) is 1. The van der Waals surface area contributed by atoms with Gasteiger partial charge in [-0.05, 0) is 17.7 Å². The van der Waals surface area contributed by atoms with Crippen LogP contribution < -0.4 is 11.1 Å². The van der Waals surface area contributed by atoms with E-state index in [-0.39, 0.29) is 28.8 Å². The number of aliphatic carboxylic acids is 1. The Bertz CT molecular complexity index is 1250. The van der Waals surface area contributed by atoms with Crippen molar-refractivity contribution in [2.45, 2.75) is 11.4 Å². The van der Waals surface area contributed by atoms with Crippen molar-refractivity contribution in [2.75, 3.05) is 32.3 Å². The number of thioether (sulfide) groups is 1. The molecule has 2 aliphatic heterocycles. The number of nitrogens with two attached hydrogens (primary N) is 1. The number of fused-ring (bicyclic) bond motifs is 1. The monoisotopic (exact) mass is 549 g/mol. The van der Waals surface area contributed by atoms with E-state index >= 15 is 0 Å². The third-order valence-corrected chi connectivity index (χ3v) is 7.05. The van der Waals surface area contributed by atoms with Crippen LogP contribution in [0.2, 0.25) is 0 Å². The zero-order chi connectivity index (χ0) is 27.1. The van der Waals surface area contributed by atoms with Crippen LogP contribution in [0.3, 0.4) is 0 Å². The Labute approximate surface area is 218 Å². The van der Waals surface area contributed by atoms with E-state index in [0.29, 0.717) is 16.9 Å². The molecule has 3 heterocycles. The summed E-state index contributed by atoms with van der Waals surface area (Å²) in [6.45, 7) is 0.109. The number of anilines is 1. The van der Waals surface area contributed by atoms with Crippen LogP contribution in [-0.4, -0.2) is 87.6 Å². The molecule has 0 spiro atoms. The van der Waals surface area contributed by atoms with Crippen molar-refractivity contribution in [3.63, 3.8) is 0 Å². The van der Waals surface area contributed by atoms with E-state index in [1.165, 1.54) is 30.9 Å². The van der Waals surface area contributed by atoms with Crippen LogP contribution in [0.1, 0.15) is 16.1 Å². The quantitative estimate of drug-likeness (QED) is 0.207. The van der Waals surface area contributed by atoms with Crippen LogP contribution in [-0.2, 0) is 24.0 Å². The summed E-state index contributed by atoms with van der Waals surface area (Å²) in [5, 5.41) is 25.4. The minimum Gasteiger partial charge on any atom is -0.478 e. The lowest BCUT2D eigenvalue weighted by atomic mass is 10.0. The molecule has 1 aromatic heterocycles. The molecular formula is C22H23N5O8S2. The number of methoxy groups -OCH3 is 1. The highest BCUT2D eigenvalue weighted by atomic mass is 32.2. The second-order valence-electron chi connectivity index (χ2n) is 7.42. The van der Waals surface area contributed by atoms with Crippen molar-refractivity contribution in [1.82, 2.24) is 15.2 Å². The molecule has 4 rings (SSSR count). The van der Waals surface area contributed by atoms with Gasteiger partial charge >= 0.3 is 11.9 Å². The first kappa shape index (κ1) is 27.6. The number of hydrogen-bond acceptors (Lipinski definition) is 11. The second kappa shape index (κ2) is 12.3. The maximum absolute atomic E-state index is 12.6. The van der Waals surface area contributed by atoms with Crippen molar-refractivity contribution in [2.24, 2.45) is 5.16 Å². The summed E-state index contributed by atoms with van der Waals surface area (Å²) < 4.78 is 5.02. The topological polar surface area (TPSA) is 194 Å². The molecule has 2 aliphatic rings. The van der Waals surface area contributed by atoms with E-state index < -0.39 is 35.2 Å². The Hall–Kier alpha value is -3.95. The highest BCUT2D eigenvalue weighted by Gasteiger charge is 2.54. The third kappa shape index (κ3) is 6.25. The molecule has 2 amide bonds. The van der Waals surface area contributed by atoms with Gasteiger partial charge in [-0.15, -0.1) is 23.1 Å². The van der Waals surface area contributed by atoms with Gasteiger partial charge in [0, 0.05) is 18.2 Å². The van der Waals surface area contributed by atoms with Gasteiger partial charge in [-0.1, -0.05) is 23.4 Å². The van der Waals surface area contributed by atoms with Gasteiger partial charge in [0.05, 0.1) is 12.2 Å². The number of aromatic nitrogens is 1. The van der Waals surface area contributed by atoms with Crippen LogP contribution in [0.15, 0.2) is 52.1 Å². The maximum atomic E-state index is 12.6. The molecular weight excluding hydrogens is 526 g/mol. The van der Waals surface area contributed by atoms with Crippen molar-refractivity contribution in [1.29, 1.82) is 0 Å². The van der Waals surface area contributed by atoms with Gasteiger partial charge in [0.15, 0.2) is 10.8 Å². The fourth-order valence-corrected chi connectivity index (χ4v) is 5.33. The largest absolute Gasteiger partial charge is 0.478 e. The van der Waals surface area contributed by atoms with Crippen molar-refractivity contribution in [3.8, 4) is 0 Å². The second-order valence-corrected chi connectivity index (χ2v) is 9.41. The van der Waals surface area contributed by atoms with Crippen molar-refractivity contribution < 1.29 is 39.0 Å². The molecule has 0 bridgehead atoms. The van der Waals surface area contributed by atoms with Crippen LogP contribution in [0.25, 0.3) is 0 Å². The summed E-state index contributed by atoms with van der Waals surface area (Å²) in [5.74, 6) is -2.91. The number of nitrogens with one attached hydrogen (secondary N) is 1. The highest BCUT2D eigenvalue weighted by Crippen LogP contribution is 2.40. The maximum Gasteiger partial charge on any atom is 0.352 e. The lowest BCUT2D eigenvalue weighted by molar-refractivity contribution is -0.150. The molecule has 5 N–H and O–H groups in total. The standard InChI is InChI=1S/C15H17N5O6S2.C7H6O2/c1-25-3-6-4-27-13-9(12(22)20(13)10(6)14(23)24)18-11(21)8(19-26-2)7-5-28-15(16)17-7;8-7(9)6-4-2-1-3-5-6/h5,9,13H,3-4H2,1-2H3,(H2,16,17)(H,18,21)(H,23,24);1-5H,(H,8,9)/b19-8+;/t9-,13-;/m1./s1. The van der Waals surface area contributed by atoms with Crippen LogP contribution >= 0.6 is 23.1 Å². The van der Waals surface area contributed by atoms with E-state index in [2.05, 4.69) is 15.5 Å². The summed E-state index contributed by atoms with van der Waals surface area (Å²) in [5.41, 5.74) is 6.42. The van der Waals surface area contributed by atoms with Crippen LogP contribution in [0.4, 0.5) is 5.13 Å². The van der Waals surface area contributed by atoms with Gasteiger partial charge in [-0.25, -0.2) is 14.6 Å². The molecule has 1 aromatic carbocycles. The predicted molar refractivity (Wildman–Crippen MR) is 135 cm³/mol. The van der Waals surface area contributed by atoms with Gasteiger partial charge in [0.25, 0.3) is 11.8 Å². The van der Waals surface area contributed by atoms with Gasteiger partial charge in [0.1, 0.15) is 29.9 Å². The molecule has 2 aromatic rings. The summed E-state index contributed by atoms with van der Waals surface area (Å²) in [4.78, 5) is 56.9. The number of aromatic carboxylic acids is 1. The summed E-state index contributed by atoms with van der Waals surface area (Å²) in [6.07, 6.45) is 0. The minimum absolute atomic E-state index is 0.0980. The average Bonchev–Trinajstić information content (AvgIpc) is 3.32. The lowest BCUT2D eigenvalue weighted by Gasteiger charge is -2.49. The molecule has 37 heavy (non-hydrogen) atoms. The van der Waals surface area contributed by atoms with Gasteiger partial charge in [-0.2, -0.15) is 0 Å². The lowest BCUT2D eigenvalue weighted by Crippen LogP contribution is -2.71. The zero-order valence-corrected chi connectivity index (χ0v) is 21.2. The smallest absolute Gasteiger partial charge is 0.352 e. The Morgan fingerprint density at radius 2 is 1.92 bits per heavy atom. The van der Waals surface area contributed by atoms with Crippen molar-refractivity contribution >= 4 is 57.7 Å². The normalized spacial score (nSPS) is 18.7. The van der Waals surface area contributed by atoms with Gasteiger partial charge in [-0.3, -0.25) is 14.5 Å². The molecule has 15 heteroatoms. The van der Waals surface area contributed by atoms with Gasteiger partial charge < -0.3 is 30.8 Å². The number of nitrogen functional groups attached to an aromatic ring is 1. The Morgan fingerprint density at radius 3 is 2.43 bits per heavy atom. The number of nitrogens with zero attached hydrogens (tertiary/aromatic N) is 3. The molecule has 0 saturated carbocycles. The summed E-state index contributed by atoms with van der Waals surface area (Å²) in [7, 11) is 2.73. The molecule has 0 aliphatic carbocycles. The Balaban J connectivity index is 0.000000356. The molecule has 13 nitrogen and oxygen atoms in total. The predicted octanol–water partition coefficient (Wildman–Crippen LogP) is 0.846. The number of β-lactam (4-membered cyclic amide) rings is 1. The number of carbonyl (C=O) groups is 4. The summed E-state index contributed by atoms with van der Waals surface area (Å²) in [6, 6.07) is 7.40. The molecule has 1 fully saturated rings.